The molecule has 1 aromatic carbocycles. The summed E-state index contributed by atoms with van der Waals surface area (Å²) in [5, 5.41) is 9.25. The summed E-state index contributed by atoms with van der Waals surface area (Å²) in [7, 11) is 0. The van der Waals surface area contributed by atoms with Crippen molar-refractivity contribution in [3.8, 4) is 0 Å². The molecule has 0 aliphatic heterocycles. The van der Waals surface area contributed by atoms with Gasteiger partial charge in [-0.2, -0.15) is 0 Å². The average Bonchev–Trinajstić information content (AvgIpc) is 2.41. The topological polar surface area (TPSA) is 50.2 Å². The molecule has 1 heterocycles. The number of nitrogens with zero attached hydrogens (tertiary/aromatic N) is 1. The van der Waals surface area contributed by atoms with Gasteiger partial charge in [0, 0.05) is 12.4 Å². The van der Waals surface area contributed by atoms with Crippen molar-refractivity contribution in [3.63, 3.8) is 0 Å². The first-order chi connectivity index (χ1) is 9.16. The highest BCUT2D eigenvalue weighted by Crippen LogP contribution is 2.17. The number of aromatic nitrogens is 1. The summed E-state index contributed by atoms with van der Waals surface area (Å²) in [6.45, 7) is 0. The van der Waals surface area contributed by atoms with Crippen LogP contribution in [0.1, 0.15) is 11.1 Å². The molecule has 0 aliphatic carbocycles. The monoisotopic (exact) mass is 259 g/mol. The number of carboxylic acid groups (broad SMARTS) is 1. The molecule has 0 bridgehead atoms. The predicted molar refractivity (Wildman–Crippen MR) is 69.2 cm³/mol. The van der Waals surface area contributed by atoms with Crippen molar-refractivity contribution < 1.29 is 14.3 Å². The van der Waals surface area contributed by atoms with Crippen molar-refractivity contribution in [2.75, 3.05) is 0 Å². The van der Waals surface area contributed by atoms with E-state index in [0.717, 1.165) is 5.56 Å². The number of carbonyl (C=O) groups is 1. The molecule has 1 N–H and O–H groups in total. The molecule has 0 saturated heterocycles. The van der Waals surface area contributed by atoms with E-state index in [4.69, 9.17) is 0 Å². The lowest BCUT2D eigenvalue weighted by Gasteiger charge is -2.12. The molecule has 19 heavy (non-hydrogen) atoms. The van der Waals surface area contributed by atoms with Gasteiger partial charge in [0.05, 0.1) is 5.92 Å². The summed E-state index contributed by atoms with van der Waals surface area (Å²) < 4.78 is 13.5. The van der Waals surface area contributed by atoms with Gasteiger partial charge in [0.1, 0.15) is 5.82 Å². The van der Waals surface area contributed by atoms with Gasteiger partial charge in [-0.05, 0) is 42.2 Å². The number of carboxylic acids is 1. The maximum atomic E-state index is 13.5. The normalized spacial score (nSPS) is 12.1. The lowest BCUT2D eigenvalue weighted by molar-refractivity contribution is -0.141. The number of benzene rings is 1. The number of halogens is 1. The Labute approximate surface area is 110 Å². The summed E-state index contributed by atoms with van der Waals surface area (Å²) in [6, 6.07) is 9.83. The molecule has 1 unspecified atom stereocenters. The Morgan fingerprint density at radius 2 is 1.84 bits per heavy atom. The minimum absolute atomic E-state index is 0.185. The number of aliphatic carboxylic acids is 1. The molecule has 0 saturated carbocycles. The molecule has 2 rings (SSSR count). The minimum Gasteiger partial charge on any atom is -0.481 e. The van der Waals surface area contributed by atoms with Gasteiger partial charge in [-0.15, -0.1) is 0 Å². The number of hydrogen-bond donors (Lipinski definition) is 1. The lowest BCUT2D eigenvalue weighted by Crippen LogP contribution is -2.19. The summed E-state index contributed by atoms with van der Waals surface area (Å²) in [5.41, 5.74) is 1.32. The zero-order valence-electron chi connectivity index (χ0n) is 10.3. The largest absolute Gasteiger partial charge is 0.481 e. The Morgan fingerprint density at radius 3 is 2.47 bits per heavy atom. The fourth-order valence-corrected chi connectivity index (χ4v) is 1.98. The van der Waals surface area contributed by atoms with Crippen molar-refractivity contribution in [1.82, 2.24) is 4.98 Å². The van der Waals surface area contributed by atoms with E-state index in [2.05, 4.69) is 4.98 Å². The SMILES string of the molecule is O=C(O)C(Cc1ccncc1)Cc1ccccc1F. The Morgan fingerprint density at radius 1 is 1.16 bits per heavy atom. The van der Waals surface area contributed by atoms with Crippen LogP contribution < -0.4 is 0 Å². The zero-order valence-corrected chi connectivity index (χ0v) is 10.3. The van der Waals surface area contributed by atoms with Crippen LogP contribution in [0.15, 0.2) is 48.8 Å². The summed E-state index contributed by atoms with van der Waals surface area (Å²) >= 11 is 0. The number of hydrogen-bond acceptors (Lipinski definition) is 2. The minimum atomic E-state index is -0.917. The molecular weight excluding hydrogens is 245 g/mol. The van der Waals surface area contributed by atoms with Crippen LogP contribution >= 0.6 is 0 Å². The van der Waals surface area contributed by atoms with Gasteiger partial charge >= 0.3 is 5.97 Å². The van der Waals surface area contributed by atoms with Crippen LogP contribution in [-0.4, -0.2) is 16.1 Å². The second-order valence-corrected chi connectivity index (χ2v) is 4.39. The van der Waals surface area contributed by atoms with Gasteiger partial charge in [0.2, 0.25) is 0 Å². The highest BCUT2D eigenvalue weighted by molar-refractivity contribution is 5.70. The molecule has 1 atom stereocenters. The molecule has 0 fully saturated rings. The van der Waals surface area contributed by atoms with E-state index in [1.165, 1.54) is 6.07 Å². The van der Waals surface area contributed by atoms with E-state index < -0.39 is 11.9 Å². The molecule has 0 radical (unpaired) electrons. The van der Waals surface area contributed by atoms with E-state index >= 15 is 0 Å². The second-order valence-electron chi connectivity index (χ2n) is 4.39. The maximum Gasteiger partial charge on any atom is 0.307 e. The molecule has 0 spiro atoms. The molecule has 2 aromatic rings. The first kappa shape index (κ1) is 13.2. The average molecular weight is 259 g/mol. The highest BCUT2D eigenvalue weighted by Gasteiger charge is 2.20. The standard InChI is InChI=1S/C15H14FNO2/c16-14-4-2-1-3-12(14)10-13(15(18)19)9-11-5-7-17-8-6-11/h1-8,13H,9-10H2,(H,18,19). The van der Waals surface area contributed by atoms with Crippen LogP contribution in [0.2, 0.25) is 0 Å². The highest BCUT2D eigenvalue weighted by atomic mass is 19.1. The van der Waals surface area contributed by atoms with E-state index in [1.54, 1.807) is 42.7 Å². The molecule has 4 heteroatoms. The molecule has 3 nitrogen and oxygen atoms in total. The fourth-order valence-electron chi connectivity index (χ4n) is 1.98. The van der Waals surface area contributed by atoms with Gasteiger partial charge < -0.3 is 5.11 Å². The Bertz CT molecular complexity index is 557. The molecule has 1 aromatic heterocycles. The molecule has 98 valence electrons. The predicted octanol–water partition coefficient (Wildman–Crippen LogP) is 2.71. The van der Waals surface area contributed by atoms with Gasteiger partial charge in [0.15, 0.2) is 0 Å². The van der Waals surface area contributed by atoms with Crippen LogP contribution in [0, 0.1) is 11.7 Å². The van der Waals surface area contributed by atoms with E-state index in [0.29, 0.717) is 12.0 Å². The fraction of sp³-hybridized carbons (Fsp3) is 0.200. The lowest BCUT2D eigenvalue weighted by atomic mass is 9.93. The summed E-state index contributed by atoms with van der Waals surface area (Å²) in [5.74, 6) is -1.91. The first-order valence-corrected chi connectivity index (χ1v) is 6.02. The smallest absolute Gasteiger partial charge is 0.307 e. The van der Waals surface area contributed by atoms with Gasteiger partial charge in [-0.3, -0.25) is 9.78 Å². The maximum absolute atomic E-state index is 13.5. The van der Waals surface area contributed by atoms with Crippen molar-refractivity contribution >= 4 is 5.97 Å². The Kier molecular flexibility index (Phi) is 4.23. The van der Waals surface area contributed by atoms with Crippen molar-refractivity contribution in [3.05, 3.63) is 65.7 Å². The zero-order chi connectivity index (χ0) is 13.7. The van der Waals surface area contributed by atoms with Crippen LogP contribution in [0.3, 0.4) is 0 Å². The van der Waals surface area contributed by atoms with Crippen LogP contribution in [-0.2, 0) is 17.6 Å². The first-order valence-electron chi connectivity index (χ1n) is 6.02. The summed E-state index contributed by atoms with van der Waals surface area (Å²) in [6.07, 6.45) is 3.80. The second kappa shape index (κ2) is 6.09. The van der Waals surface area contributed by atoms with Gasteiger partial charge in [0.25, 0.3) is 0 Å². The van der Waals surface area contributed by atoms with E-state index in [1.807, 2.05) is 0 Å². The molecule has 0 aliphatic rings. The Balaban J connectivity index is 2.13. The van der Waals surface area contributed by atoms with Crippen LogP contribution in [0.4, 0.5) is 4.39 Å². The van der Waals surface area contributed by atoms with E-state index in [-0.39, 0.29) is 12.2 Å². The molecular formula is C15H14FNO2. The van der Waals surface area contributed by atoms with Crippen molar-refractivity contribution in [2.24, 2.45) is 5.92 Å². The number of pyridine rings is 1. The third-order valence-corrected chi connectivity index (χ3v) is 3.00. The van der Waals surface area contributed by atoms with Crippen molar-refractivity contribution in [2.45, 2.75) is 12.8 Å². The van der Waals surface area contributed by atoms with Crippen LogP contribution in [0.25, 0.3) is 0 Å². The Hall–Kier alpha value is -2.23. The van der Waals surface area contributed by atoms with Crippen molar-refractivity contribution in [1.29, 1.82) is 0 Å². The molecule has 0 amide bonds. The van der Waals surface area contributed by atoms with E-state index in [9.17, 15) is 14.3 Å². The van der Waals surface area contributed by atoms with Gasteiger partial charge in [-0.1, -0.05) is 18.2 Å². The summed E-state index contributed by atoms with van der Waals surface area (Å²) in [4.78, 5) is 15.2. The number of rotatable bonds is 5. The quantitative estimate of drug-likeness (QED) is 0.898. The van der Waals surface area contributed by atoms with Gasteiger partial charge in [-0.25, -0.2) is 4.39 Å². The third kappa shape index (κ3) is 3.61. The third-order valence-electron chi connectivity index (χ3n) is 3.00. The van der Waals surface area contributed by atoms with Crippen LogP contribution in [0.5, 0.6) is 0 Å².